The lowest BCUT2D eigenvalue weighted by atomic mass is 9.95. The van der Waals surface area contributed by atoms with Gasteiger partial charge in [0.25, 0.3) is 11.5 Å². The molecule has 49 heavy (non-hydrogen) atoms. The number of anilines is 1. The van der Waals surface area contributed by atoms with E-state index in [1.54, 1.807) is 66.1 Å². The van der Waals surface area contributed by atoms with Crippen LogP contribution in [0.2, 0.25) is 0 Å². The van der Waals surface area contributed by atoms with Gasteiger partial charge in [0.05, 0.1) is 41.1 Å². The average Bonchev–Trinajstić information content (AvgIpc) is 3.41. The summed E-state index contributed by atoms with van der Waals surface area (Å²) in [7, 11) is 1.52. The SMILES string of the molecule is CCOc1ccc([C@H]2C(C(=O)Nc3ccccc3)=C(C)N=c3s/c(=C\c4ccc(OCc5cccc(C(=O)O)c5)c(OC)c4)c(=O)n32)cc1. The van der Waals surface area contributed by atoms with Gasteiger partial charge < -0.3 is 24.6 Å². The first-order valence-electron chi connectivity index (χ1n) is 15.5. The maximum Gasteiger partial charge on any atom is 0.335 e. The molecule has 1 amide bonds. The van der Waals surface area contributed by atoms with Crippen molar-refractivity contribution in [3.8, 4) is 17.2 Å². The van der Waals surface area contributed by atoms with E-state index in [1.165, 1.54) is 24.5 Å². The summed E-state index contributed by atoms with van der Waals surface area (Å²) in [5.74, 6) is 0.225. The Balaban J connectivity index is 1.36. The lowest BCUT2D eigenvalue weighted by Crippen LogP contribution is -2.40. The molecule has 10 nitrogen and oxygen atoms in total. The second-order valence-electron chi connectivity index (χ2n) is 11.1. The molecular formula is C38H33N3O7S. The minimum atomic E-state index is -1.01. The molecule has 1 aromatic heterocycles. The van der Waals surface area contributed by atoms with Crippen LogP contribution in [-0.4, -0.2) is 35.3 Å². The molecule has 11 heteroatoms. The normalized spacial score (nSPS) is 14.1. The zero-order valence-corrected chi connectivity index (χ0v) is 27.8. The van der Waals surface area contributed by atoms with Gasteiger partial charge in [-0.2, -0.15) is 0 Å². The van der Waals surface area contributed by atoms with Crippen LogP contribution in [0, 0.1) is 0 Å². The summed E-state index contributed by atoms with van der Waals surface area (Å²) in [6, 6.07) is 27.6. The van der Waals surface area contributed by atoms with Gasteiger partial charge >= 0.3 is 5.97 Å². The van der Waals surface area contributed by atoms with Gasteiger partial charge in [0.15, 0.2) is 16.3 Å². The molecule has 248 valence electrons. The molecule has 1 aliphatic heterocycles. The molecule has 0 saturated heterocycles. The molecule has 2 heterocycles. The molecule has 2 N–H and O–H groups in total. The highest BCUT2D eigenvalue weighted by Crippen LogP contribution is 2.32. The lowest BCUT2D eigenvalue weighted by molar-refractivity contribution is -0.113. The van der Waals surface area contributed by atoms with Crippen molar-refractivity contribution < 1.29 is 28.9 Å². The van der Waals surface area contributed by atoms with E-state index in [-0.39, 0.29) is 23.6 Å². The Hall–Kier alpha value is -5.94. The fourth-order valence-electron chi connectivity index (χ4n) is 5.56. The molecule has 5 aromatic rings. The van der Waals surface area contributed by atoms with Crippen LogP contribution in [-0.2, 0) is 11.4 Å². The maximum absolute atomic E-state index is 14.2. The summed E-state index contributed by atoms with van der Waals surface area (Å²) in [5.41, 5.74) is 3.51. The smallest absolute Gasteiger partial charge is 0.335 e. The number of ether oxygens (including phenoxy) is 3. The molecule has 0 spiro atoms. The number of hydrogen-bond acceptors (Lipinski definition) is 8. The molecule has 6 rings (SSSR count). The number of carbonyl (C=O) groups excluding carboxylic acids is 1. The van der Waals surface area contributed by atoms with E-state index in [2.05, 4.69) is 5.32 Å². The second kappa shape index (κ2) is 14.4. The van der Waals surface area contributed by atoms with E-state index in [1.807, 2.05) is 49.4 Å². The van der Waals surface area contributed by atoms with Gasteiger partial charge in [-0.3, -0.25) is 14.2 Å². The van der Waals surface area contributed by atoms with Crippen molar-refractivity contribution in [1.29, 1.82) is 0 Å². The maximum atomic E-state index is 14.2. The average molecular weight is 676 g/mol. The van der Waals surface area contributed by atoms with Crippen molar-refractivity contribution in [2.75, 3.05) is 19.0 Å². The number of carboxylic acid groups (broad SMARTS) is 1. The van der Waals surface area contributed by atoms with Crippen LogP contribution < -0.4 is 34.4 Å². The standard InChI is InChI=1S/C38H33N3O7S/c1-4-47-29-16-14-26(15-17-29)34-33(35(42)40-28-11-6-5-7-12-28)23(2)39-38-41(34)36(43)32(49-38)21-24-13-18-30(31(20-24)46-3)48-22-25-9-8-10-27(19-25)37(44)45/h5-21,34H,4,22H2,1-3H3,(H,40,42)(H,44,45)/b32-21-/t34-/m0/s1. The van der Waals surface area contributed by atoms with Crippen molar-refractivity contribution >= 4 is 35.0 Å². The van der Waals surface area contributed by atoms with Crippen LogP contribution in [0.15, 0.2) is 118 Å². The van der Waals surface area contributed by atoms with Crippen molar-refractivity contribution in [3.05, 3.63) is 150 Å². The number of carbonyl (C=O) groups is 2. The molecule has 0 aliphatic carbocycles. The highest BCUT2D eigenvalue weighted by molar-refractivity contribution is 7.07. The Labute approximate surface area is 285 Å². The van der Waals surface area contributed by atoms with E-state index in [9.17, 15) is 19.5 Å². The number of rotatable bonds is 11. The summed E-state index contributed by atoms with van der Waals surface area (Å²) < 4.78 is 19.2. The quantitative estimate of drug-likeness (QED) is 0.188. The third-order valence-corrected chi connectivity index (χ3v) is 8.84. The van der Waals surface area contributed by atoms with Crippen molar-refractivity contribution in [2.45, 2.75) is 26.5 Å². The van der Waals surface area contributed by atoms with Gasteiger partial charge in [-0.05, 0) is 85.1 Å². The Kier molecular flexibility index (Phi) is 9.72. The first kappa shape index (κ1) is 33.0. The molecule has 1 atom stereocenters. The fraction of sp³-hybridized carbons (Fsp3) is 0.158. The molecule has 0 bridgehead atoms. The largest absolute Gasteiger partial charge is 0.494 e. The van der Waals surface area contributed by atoms with E-state index >= 15 is 0 Å². The number of allylic oxidation sites excluding steroid dienone is 1. The molecule has 4 aromatic carbocycles. The van der Waals surface area contributed by atoms with E-state index < -0.39 is 12.0 Å². The number of methoxy groups -OCH3 is 1. The van der Waals surface area contributed by atoms with Crippen LogP contribution in [0.5, 0.6) is 17.2 Å². The van der Waals surface area contributed by atoms with Gasteiger partial charge in [-0.25, -0.2) is 9.79 Å². The molecule has 1 aliphatic rings. The van der Waals surface area contributed by atoms with Crippen molar-refractivity contribution in [3.63, 3.8) is 0 Å². The number of nitrogens with zero attached hydrogens (tertiary/aromatic N) is 2. The van der Waals surface area contributed by atoms with Crippen molar-refractivity contribution in [2.24, 2.45) is 4.99 Å². The second-order valence-corrected chi connectivity index (χ2v) is 12.1. The summed E-state index contributed by atoms with van der Waals surface area (Å²) in [4.78, 5) is 44.5. The molecular weight excluding hydrogens is 642 g/mol. The number of hydrogen-bond donors (Lipinski definition) is 2. The number of fused-ring (bicyclic) bond motifs is 1. The number of thiazole rings is 1. The Morgan fingerprint density at radius 2 is 1.73 bits per heavy atom. The van der Waals surface area contributed by atoms with E-state index in [0.29, 0.717) is 61.3 Å². The number of amides is 1. The number of aromatic carboxylic acids is 1. The van der Waals surface area contributed by atoms with Crippen LogP contribution in [0.25, 0.3) is 6.08 Å². The first-order valence-corrected chi connectivity index (χ1v) is 16.3. The number of para-hydroxylation sites is 1. The predicted octanol–water partition coefficient (Wildman–Crippen LogP) is 5.56. The zero-order valence-electron chi connectivity index (χ0n) is 27.0. The van der Waals surface area contributed by atoms with Crippen LogP contribution >= 0.6 is 11.3 Å². The molecule has 0 saturated carbocycles. The predicted molar refractivity (Wildman–Crippen MR) is 187 cm³/mol. The fourth-order valence-corrected chi connectivity index (χ4v) is 6.61. The van der Waals surface area contributed by atoms with Crippen LogP contribution in [0.4, 0.5) is 5.69 Å². The topological polar surface area (TPSA) is 128 Å². The number of aromatic nitrogens is 1. The highest BCUT2D eigenvalue weighted by Gasteiger charge is 2.32. The number of carboxylic acids is 1. The first-order chi connectivity index (χ1) is 23.7. The molecule has 0 unspecified atom stereocenters. The monoisotopic (exact) mass is 675 g/mol. The molecule has 0 radical (unpaired) electrons. The van der Waals surface area contributed by atoms with Gasteiger partial charge in [0.2, 0.25) is 0 Å². The number of nitrogens with one attached hydrogen (secondary N) is 1. The highest BCUT2D eigenvalue weighted by atomic mass is 32.1. The van der Waals surface area contributed by atoms with Gasteiger partial charge in [-0.15, -0.1) is 0 Å². The minimum absolute atomic E-state index is 0.139. The summed E-state index contributed by atoms with van der Waals surface area (Å²) in [6.07, 6.45) is 1.75. The Bertz CT molecular complexity index is 2240. The van der Waals surface area contributed by atoms with E-state index in [0.717, 1.165) is 5.56 Å². The third-order valence-electron chi connectivity index (χ3n) is 7.86. The third kappa shape index (κ3) is 7.16. The van der Waals surface area contributed by atoms with Crippen molar-refractivity contribution in [1.82, 2.24) is 4.57 Å². The van der Waals surface area contributed by atoms with Crippen LogP contribution in [0.3, 0.4) is 0 Å². The van der Waals surface area contributed by atoms with Gasteiger partial charge in [0, 0.05) is 5.69 Å². The van der Waals surface area contributed by atoms with Crippen LogP contribution in [0.1, 0.15) is 46.9 Å². The van der Waals surface area contributed by atoms with E-state index in [4.69, 9.17) is 19.2 Å². The Morgan fingerprint density at radius 1 is 0.959 bits per heavy atom. The van der Waals surface area contributed by atoms with Gasteiger partial charge in [-0.1, -0.05) is 59.9 Å². The van der Waals surface area contributed by atoms with Gasteiger partial charge in [0.1, 0.15) is 12.4 Å². The summed E-state index contributed by atoms with van der Waals surface area (Å²) in [6.45, 7) is 4.33. The lowest BCUT2D eigenvalue weighted by Gasteiger charge is -2.25. The zero-order chi connectivity index (χ0) is 34.5. The summed E-state index contributed by atoms with van der Waals surface area (Å²) >= 11 is 1.23. The number of benzene rings is 4. The molecule has 0 fully saturated rings. The Morgan fingerprint density at radius 3 is 2.45 bits per heavy atom. The minimum Gasteiger partial charge on any atom is -0.494 e. The summed E-state index contributed by atoms with van der Waals surface area (Å²) in [5, 5.41) is 12.3.